The summed E-state index contributed by atoms with van der Waals surface area (Å²) in [4.78, 5) is 27.9. The number of nitro benzene ring substituents is 1. The topological polar surface area (TPSA) is 121 Å². The maximum atomic E-state index is 12.8. The van der Waals surface area contributed by atoms with Gasteiger partial charge in [0.05, 0.1) is 24.3 Å². The molecule has 1 amide bonds. The van der Waals surface area contributed by atoms with Crippen molar-refractivity contribution in [1.29, 1.82) is 0 Å². The largest absolute Gasteiger partial charge is 0.497 e. The number of anilines is 1. The molecule has 0 saturated heterocycles. The van der Waals surface area contributed by atoms with Crippen molar-refractivity contribution >= 4 is 17.3 Å². The Balaban J connectivity index is 1.37. The van der Waals surface area contributed by atoms with E-state index in [4.69, 9.17) is 9.47 Å². The van der Waals surface area contributed by atoms with Gasteiger partial charge < -0.3 is 14.8 Å². The fourth-order valence-electron chi connectivity index (χ4n) is 4.13. The van der Waals surface area contributed by atoms with Crippen LogP contribution in [0.3, 0.4) is 0 Å². The number of amides is 1. The molecule has 0 aliphatic carbocycles. The van der Waals surface area contributed by atoms with E-state index in [1.54, 1.807) is 30.0 Å². The standard InChI is InChI=1S/C31H27N5O5/c1-21-6-10-23(11-7-21)29-33-31(41-19-18-22-8-16-28(40-2)17-9-22)34-35(29)27-5-3-4-25(20-27)32-30(37)24-12-14-26(15-13-24)36(38)39/h3-17,20H,18-19H2,1-2H3,(H,32,37). The number of nitrogens with one attached hydrogen (secondary N) is 1. The highest BCUT2D eigenvalue weighted by Crippen LogP contribution is 2.26. The number of hydrogen-bond acceptors (Lipinski definition) is 7. The van der Waals surface area contributed by atoms with Crippen LogP contribution in [0.1, 0.15) is 21.5 Å². The molecule has 0 aliphatic heterocycles. The fourth-order valence-corrected chi connectivity index (χ4v) is 4.13. The molecular weight excluding hydrogens is 522 g/mol. The molecule has 0 bridgehead atoms. The monoisotopic (exact) mass is 549 g/mol. The van der Waals surface area contributed by atoms with Crippen molar-refractivity contribution in [3.8, 4) is 28.8 Å². The van der Waals surface area contributed by atoms with E-state index in [1.807, 2.05) is 61.5 Å². The van der Waals surface area contributed by atoms with Crippen molar-refractivity contribution in [2.45, 2.75) is 13.3 Å². The number of nitrogens with zero attached hydrogens (tertiary/aromatic N) is 4. The third-order valence-electron chi connectivity index (χ3n) is 6.37. The van der Waals surface area contributed by atoms with Gasteiger partial charge in [-0.2, -0.15) is 4.98 Å². The van der Waals surface area contributed by atoms with E-state index in [2.05, 4.69) is 15.4 Å². The van der Waals surface area contributed by atoms with E-state index in [9.17, 15) is 14.9 Å². The zero-order valence-electron chi connectivity index (χ0n) is 22.5. The van der Waals surface area contributed by atoms with Crippen molar-refractivity contribution in [2.24, 2.45) is 0 Å². The van der Waals surface area contributed by atoms with Gasteiger partial charge in [-0.15, -0.1) is 5.10 Å². The van der Waals surface area contributed by atoms with Crippen LogP contribution in [0.2, 0.25) is 0 Å². The first-order chi connectivity index (χ1) is 19.9. The fraction of sp³-hybridized carbons (Fsp3) is 0.129. The van der Waals surface area contributed by atoms with Crippen LogP contribution in [-0.4, -0.2) is 39.3 Å². The summed E-state index contributed by atoms with van der Waals surface area (Å²) in [5, 5.41) is 18.4. The summed E-state index contributed by atoms with van der Waals surface area (Å²) < 4.78 is 12.8. The lowest BCUT2D eigenvalue weighted by molar-refractivity contribution is -0.384. The quantitative estimate of drug-likeness (QED) is 0.167. The van der Waals surface area contributed by atoms with Gasteiger partial charge in [0.15, 0.2) is 5.82 Å². The number of hydrogen-bond donors (Lipinski definition) is 1. The van der Waals surface area contributed by atoms with Gasteiger partial charge in [-0.3, -0.25) is 14.9 Å². The smallest absolute Gasteiger partial charge is 0.336 e. The van der Waals surface area contributed by atoms with Gasteiger partial charge in [0.2, 0.25) is 0 Å². The van der Waals surface area contributed by atoms with Crippen LogP contribution in [0.25, 0.3) is 17.1 Å². The minimum Gasteiger partial charge on any atom is -0.497 e. The predicted molar refractivity (Wildman–Crippen MR) is 155 cm³/mol. The summed E-state index contributed by atoms with van der Waals surface area (Å²) in [5.41, 5.74) is 4.48. The van der Waals surface area contributed by atoms with Crippen molar-refractivity contribution in [1.82, 2.24) is 14.8 Å². The van der Waals surface area contributed by atoms with Gasteiger partial charge in [0, 0.05) is 35.4 Å². The maximum Gasteiger partial charge on any atom is 0.336 e. The van der Waals surface area contributed by atoms with Gasteiger partial charge in [-0.05, 0) is 55.0 Å². The molecule has 10 heteroatoms. The lowest BCUT2D eigenvalue weighted by Gasteiger charge is -2.09. The van der Waals surface area contributed by atoms with Gasteiger partial charge in [0.25, 0.3) is 11.6 Å². The second-order valence-corrected chi connectivity index (χ2v) is 9.25. The molecule has 10 nitrogen and oxygen atoms in total. The molecule has 0 aliphatic rings. The molecule has 206 valence electrons. The van der Waals surface area contributed by atoms with Gasteiger partial charge >= 0.3 is 6.01 Å². The molecule has 41 heavy (non-hydrogen) atoms. The van der Waals surface area contributed by atoms with E-state index >= 15 is 0 Å². The lowest BCUT2D eigenvalue weighted by atomic mass is 10.1. The Hall–Kier alpha value is -5.51. The van der Waals surface area contributed by atoms with E-state index in [-0.39, 0.29) is 11.7 Å². The summed E-state index contributed by atoms with van der Waals surface area (Å²) in [6, 6.07) is 28.6. The summed E-state index contributed by atoms with van der Waals surface area (Å²) in [7, 11) is 1.63. The third kappa shape index (κ3) is 6.56. The molecule has 0 saturated carbocycles. The zero-order chi connectivity index (χ0) is 28.8. The third-order valence-corrected chi connectivity index (χ3v) is 6.37. The Bertz CT molecular complexity index is 1660. The van der Waals surface area contributed by atoms with Crippen LogP contribution in [-0.2, 0) is 6.42 Å². The Morgan fingerprint density at radius 3 is 2.39 bits per heavy atom. The summed E-state index contributed by atoms with van der Waals surface area (Å²) >= 11 is 0. The van der Waals surface area contributed by atoms with Crippen molar-refractivity contribution in [3.05, 3.63) is 124 Å². The molecular formula is C31H27N5O5. The van der Waals surface area contributed by atoms with Crippen molar-refractivity contribution in [2.75, 3.05) is 19.0 Å². The number of rotatable bonds is 10. The number of benzene rings is 4. The molecule has 5 rings (SSSR count). The number of non-ortho nitro benzene ring substituents is 1. The maximum absolute atomic E-state index is 12.8. The average molecular weight is 550 g/mol. The van der Waals surface area contributed by atoms with Crippen LogP contribution >= 0.6 is 0 Å². The first-order valence-corrected chi connectivity index (χ1v) is 12.9. The second kappa shape index (κ2) is 12.1. The highest BCUT2D eigenvalue weighted by atomic mass is 16.6. The van der Waals surface area contributed by atoms with E-state index < -0.39 is 10.8 Å². The average Bonchev–Trinajstić information content (AvgIpc) is 3.42. The second-order valence-electron chi connectivity index (χ2n) is 9.25. The summed E-state index contributed by atoms with van der Waals surface area (Å²) in [6.45, 7) is 2.40. The lowest BCUT2D eigenvalue weighted by Crippen LogP contribution is -2.12. The number of ether oxygens (including phenoxy) is 2. The SMILES string of the molecule is COc1ccc(CCOc2nc(-c3ccc(C)cc3)n(-c3cccc(NC(=O)c4ccc([N+](=O)[O-])cc4)c3)n2)cc1. The molecule has 1 heterocycles. The number of nitro groups is 1. The van der Waals surface area contributed by atoms with Crippen molar-refractivity contribution in [3.63, 3.8) is 0 Å². The predicted octanol–water partition coefficient (Wildman–Crippen LogP) is 6.03. The first-order valence-electron chi connectivity index (χ1n) is 12.9. The van der Waals surface area contributed by atoms with Crippen molar-refractivity contribution < 1.29 is 19.2 Å². The van der Waals surface area contributed by atoms with E-state index in [0.717, 1.165) is 22.4 Å². The first kappa shape index (κ1) is 27.1. The minimum absolute atomic E-state index is 0.0830. The van der Waals surface area contributed by atoms with Crippen LogP contribution in [0, 0.1) is 17.0 Å². The highest BCUT2D eigenvalue weighted by molar-refractivity contribution is 6.04. The molecule has 1 N–H and O–H groups in total. The molecule has 0 unspecified atom stereocenters. The molecule has 0 spiro atoms. The molecule has 1 aromatic heterocycles. The number of aryl methyl sites for hydroxylation is 1. The number of methoxy groups -OCH3 is 1. The Labute approximate surface area is 236 Å². The van der Waals surface area contributed by atoms with Crippen LogP contribution < -0.4 is 14.8 Å². The number of aromatic nitrogens is 3. The van der Waals surface area contributed by atoms with Gasteiger partial charge in [0.1, 0.15) is 5.75 Å². The highest BCUT2D eigenvalue weighted by Gasteiger charge is 2.16. The molecule has 0 radical (unpaired) electrons. The van der Waals surface area contributed by atoms with Gasteiger partial charge in [-0.1, -0.05) is 48.0 Å². The normalized spacial score (nSPS) is 10.7. The van der Waals surface area contributed by atoms with E-state index in [0.29, 0.717) is 35.8 Å². The Morgan fingerprint density at radius 2 is 1.71 bits per heavy atom. The van der Waals surface area contributed by atoms with E-state index in [1.165, 1.54) is 24.3 Å². The Morgan fingerprint density at radius 1 is 0.976 bits per heavy atom. The molecule has 0 fully saturated rings. The van der Waals surface area contributed by atoms with Crippen LogP contribution in [0.4, 0.5) is 11.4 Å². The number of carbonyl (C=O) groups is 1. The number of carbonyl (C=O) groups excluding carboxylic acids is 1. The minimum atomic E-state index is -0.508. The summed E-state index contributed by atoms with van der Waals surface area (Å²) in [5.74, 6) is 0.990. The van der Waals surface area contributed by atoms with Crippen LogP contribution in [0.15, 0.2) is 97.1 Å². The molecule has 0 atom stereocenters. The molecule has 4 aromatic carbocycles. The molecule has 5 aromatic rings. The van der Waals surface area contributed by atoms with Crippen LogP contribution in [0.5, 0.6) is 11.8 Å². The van der Waals surface area contributed by atoms with Gasteiger partial charge in [-0.25, -0.2) is 4.68 Å². The zero-order valence-corrected chi connectivity index (χ0v) is 22.5. The Kier molecular flexibility index (Phi) is 8.00. The summed E-state index contributed by atoms with van der Waals surface area (Å²) in [6.07, 6.45) is 0.669.